The minimum absolute atomic E-state index is 0.441. The lowest BCUT2D eigenvalue weighted by Gasteiger charge is -2.25. The SMILES string of the molecule is CCCCCCCCC(CCCCCCC)OCCCCN1CCC(=O)CC1. The first kappa shape index (κ1) is 25.6. The van der Waals surface area contributed by atoms with Crippen LogP contribution in [-0.2, 0) is 9.53 Å². The molecule has 0 aromatic heterocycles. The van der Waals surface area contributed by atoms with E-state index in [1.807, 2.05) is 0 Å². The topological polar surface area (TPSA) is 29.5 Å². The summed E-state index contributed by atoms with van der Waals surface area (Å²) in [6.07, 6.45) is 21.9. The van der Waals surface area contributed by atoms with E-state index in [0.717, 1.165) is 45.5 Å². The van der Waals surface area contributed by atoms with Crippen molar-refractivity contribution in [2.24, 2.45) is 0 Å². The Hall–Kier alpha value is -0.410. The average molecular weight is 396 g/mol. The Morgan fingerprint density at radius 3 is 1.86 bits per heavy atom. The van der Waals surface area contributed by atoms with E-state index in [1.54, 1.807) is 0 Å². The molecule has 0 aromatic carbocycles. The summed E-state index contributed by atoms with van der Waals surface area (Å²) in [5.74, 6) is 0.441. The highest BCUT2D eigenvalue weighted by Gasteiger charge is 2.15. The molecule has 1 aliphatic rings. The zero-order chi connectivity index (χ0) is 20.3. The van der Waals surface area contributed by atoms with Crippen molar-refractivity contribution < 1.29 is 9.53 Å². The van der Waals surface area contributed by atoms with E-state index in [0.29, 0.717) is 11.9 Å². The summed E-state index contributed by atoms with van der Waals surface area (Å²) < 4.78 is 6.31. The lowest BCUT2D eigenvalue weighted by molar-refractivity contribution is -0.121. The molecule has 1 rings (SSSR count). The number of piperidine rings is 1. The van der Waals surface area contributed by atoms with E-state index in [2.05, 4.69) is 18.7 Å². The Morgan fingerprint density at radius 1 is 0.750 bits per heavy atom. The molecule has 0 saturated carbocycles. The molecule has 0 N–H and O–H groups in total. The van der Waals surface area contributed by atoms with Crippen molar-refractivity contribution in [3.63, 3.8) is 0 Å². The predicted molar refractivity (Wildman–Crippen MR) is 121 cm³/mol. The maximum atomic E-state index is 11.3. The molecule has 3 heteroatoms. The van der Waals surface area contributed by atoms with Gasteiger partial charge in [-0.05, 0) is 32.2 Å². The molecule has 1 unspecified atom stereocenters. The zero-order valence-electron chi connectivity index (χ0n) is 19.2. The van der Waals surface area contributed by atoms with Crippen molar-refractivity contribution in [1.82, 2.24) is 4.90 Å². The van der Waals surface area contributed by atoms with Crippen molar-refractivity contribution in [2.45, 2.75) is 129 Å². The van der Waals surface area contributed by atoms with Crippen molar-refractivity contribution in [3.8, 4) is 0 Å². The third kappa shape index (κ3) is 14.6. The fourth-order valence-electron chi connectivity index (χ4n) is 4.15. The maximum Gasteiger partial charge on any atom is 0.135 e. The molecule has 1 saturated heterocycles. The number of ether oxygens (including phenoxy) is 1. The van der Waals surface area contributed by atoms with Crippen LogP contribution in [-0.4, -0.2) is 43.0 Å². The van der Waals surface area contributed by atoms with Gasteiger partial charge in [0.1, 0.15) is 5.78 Å². The first-order chi connectivity index (χ1) is 13.8. The van der Waals surface area contributed by atoms with Gasteiger partial charge in [0.05, 0.1) is 6.10 Å². The number of carbonyl (C=O) groups excluding carboxylic acids is 1. The fourth-order valence-corrected chi connectivity index (χ4v) is 4.15. The van der Waals surface area contributed by atoms with E-state index in [4.69, 9.17) is 4.74 Å². The number of Topliss-reactive ketones (excluding diaryl/α,β-unsaturated/α-hetero) is 1. The molecule has 1 atom stereocenters. The molecule has 0 bridgehead atoms. The standard InChI is InChI=1S/C25H49NO2/c1-3-5-7-9-11-13-17-25(16-12-10-8-6-4-2)28-23-15-14-20-26-21-18-24(27)19-22-26/h25H,3-23H2,1-2H3. The summed E-state index contributed by atoms with van der Waals surface area (Å²) in [6, 6.07) is 0. The summed E-state index contributed by atoms with van der Waals surface area (Å²) in [7, 11) is 0. The van der Waals surface area contributed by atoms with Gasteiger partial charge in [-0.25, -0.2) is 0 Å². The van der Waals surface area contributed by atoms with Crippen LogP contribution in [0.3, 0.4) is 0 Å². The predicted octanol–water partition coefficient (Wildman–Crippen LogP) is 6.93. The molecule has 0 aliphatic carbocycles. The van der Waals surface area contributed by atoms with Gasteiger partial charge in [-0.1, -0.05) is 84.5 Å². The lowest BCUT2D eigenvalue weighted by Crippen LogP contribution is -2.34. The molecule has 1 aliphatic heterocycles. The number of nitrogens with zero attached hydrogens (tertiary/aromatic N) is 1. The summed E-state index contributed by atoms with van der Waals surface area (Å²) >= 11 is 0. The van der Waals surface area contributed by atoms with Crippen molar-refractivity contribution in [2.75, 3.05) is 26.2 Å². The number of rotatable bonds is 19. The Bertz CT molecular complexity index is 348. The van der Waals surface area contributed by atoms with Gasteiger partial charge in [-0.15, -0.1) is 0 Å². The second-order valence-corrected chi connectivity index (χ2v) is 8.84. The Balaban J connectivity index is 2.11. The zero-order valence-corrected chi connectivity index (χ0v) is 19.2. The third-order valence-corrected chi connectivity index (χ3v) is 6.15. The fraction of sp³-hybridized carbons (Fsp3) is 0.960. The quantitative estimate of drug-likeness (QED) is 0.222. The molecule has 0 radical (unpaired) electrons. The summed E-state index contributed by atoms with van der Waals surface area (Å²) in [4.78, 5) is 13.8. The normalized spacial score (nSPS) is 16.6. The van der Waals surface area contributed by atoms with Gasteiger partial charge in [0.2, 0.25) is 0 Å². The summed E-state index contributed by atoms with van der Waals surface area (Å²) in [5, 5.41) is 0. The van der Waals surface area contributed by atoms with Crippen LogP contribution < -0.4 is 0 Å². The highest BCUT2D eigenvalue weighted by molar-refractivity contribution is 5.79. The maximum absolute atomic E-state index is 11.3. The van der Waals surface area contributed by atoms with Crippen molar-refractivity contribution >= 4 is 5.78 Å². The van der Waals surface area contributed by atoms with Crippen LogP contribution in [0.2, 0.25) is 0 Å². The summed E-state index contributed by atoms with van der Waals surface area (Å²) in [5.41, 5.74) is 0. The van der Waals surface area contributed by atoms with Crippen LogP contribution in [0.5, 0.6) is 0 Å². The van der Waals surface area contributed by atoms with Crippen LogP contribution in [0.25, 0.3) is 0 Å². The smallest absolute Gasteiger partial charge is 0.135 e. The van der Waals surface area contributed by atoms with Gasteiger partial charge in [0.15, 0.2) is 0 Å². The van der Waals surface area contributed by atoms with Crippen LogP contribution in [0.15, 0.2) is 0 Å². The van der Waals surface area contributed by atoms with Gasteiger partial charge < -0.3 is 9.64 Å². The minimum atomic E-state index is 0.441. The molecule has 1 fully saturated rings. The van der Waals surface area contributed by atoms with E-state index < -0.39 is 0 Å². The Labute approximate surface area is 176 Å². The molecule has 3 nitrogen and oxygen atoms in total. The first-order valence-corrected chi connectivity index (χ1v) is 12.6. The summed E-state index contributed by atoms with van der Waals surface area (Å²) in [6.45, 7) is 8.56. The molecule has 0 spiro atoms. The number of hydrogen-bond acceptors (Lipinski definition) is 3. The van der Waals surface area contributed by atoms with Gasteiger partial charge >= 0.3 is 0 Å². The lowest BCUT2D eigenvalue weighted by atomic mass is 10.0. The second-order valence-electron chi connectivity index (χ2n) is 8.84. The third-order valence-electron chi connectivity index (χ3n) is 6.15. The molecular weight excluding hydrogens is 346 g/mol. The van der Waals surface area contributed by atoms with Crippen LogP contribution in [0, 0.1) is 0 Å². The second kappa shape index (κ2) is 18.6. The monoisotopic (exact) mass is 395 g/mol. The van der Waals surface area contributed by atoms with Crippen LogP contribution in [0.1, 0.15) is 123 Å². The molecule has 0 aromatic rings. The number of carbonyl (C=O) groups is 1. The van der Waals surface area contributed by atoms with Gasteiger partial charge in [-0.3, -0.25) is 4.79 Å². The molecule has 0 amide bonds. The number of hydrogen-bond donors (Lipinski definition) is 0. The van der Waals surface area contributed by atoms with E-state index in [-0.39, 0.29) is 0 Å². The number of likely N-dealkylation sites (tertiary alicyclic amines) is 1. The molecule has 166 valence electrons. The molecule has 1 heterocycles. The first-order valence-electron chi connectivity index (χ1n) is 12.6. The van der Waals surface area contributed by atoms with Crippen molar-refractivity contribution in [1.29, 1.82) is 0 Å². The van der Waals surface area contributed by atoms with Crippen LogP contribution >= 0.6 is 0 Å². The Morgan fingerprint density at radius 2 is 1.29 bits per heavy atom. The largest absolute Gasteiger partial charge is 0.378 e. The van der Waals surface area contributed by atoms with E-state index in [1.165, 1.54) is 89.9 Å². The van der Waals surface area contributed by atoms with Gasteiger partial charge in [0.25, 0.3) is 0 Å². The highest BCUT2D eigenvalue weighted by Crippen LogP contribution is 2.17. The minimum Gasteiger partial charge on any atom is -0.378 e. The van der Waals surface area contributed by atoms with Gasteiger partial charge in [-0.2, -0.15) is 0 Å². The average Bonchev–Trinajstić information content (AvgIpc) is 2.71. The van der Waals surface area contributed by atoms with Crippen LogP contribution in [0.4, 0.5) is 0 Å². The highest BCUT2D eigenvalue weighted by atomic mass is 16.5. The molecular formula is C25H49NO2. The molecule has 28 heavy (non-hydrogen) atoms. The van der Waals surface area contributed by atoms with Gasteiger partial charge in [0, 0.05) is 32.5 Å². The number of unbranched alkanes of at least 4 members (excludes halogenated alkanes) is 10. The van der Waals surface area contributed by atoms with E-state index in [9.17, 15) is 4.79 Å². The van der Waals surface area contributed by atoms with Crippen molar-refractivity contribution in [3.05, 3.63) is 0 Å². The Kier molecular flexibility index (Phi) is 17.0. The van der Waals surface area contributed by atoms with E-state index >= 15 is 0 Å². The number of ketones is 1.